The van der Waals surface area contributed by atoms with Crippen molar-refractivity contribution >= 4 is 23.7 Å². The molecule has 8 heteroatoms. The highest BCUT2D eigenvalue weighted by Crippen LogP contribution is 2.34. The molecule has 152 valence electrons. The largest absolute Gasteiger partial charge is 0.496 e. The third-order valence-corrected chi connectivity index (χ3v) is 5.07. The summed E-state index contributed by atoms with van der Waals surface area (Å²) in [5.74, 6) is 0.100. The van der Waals surface area contributed by atoms with Crippen molar-refractivity contribution in [3.05, 3.63) is 53.2 Å². The Morgan fingerprint density at radius 2 is 2.00 bits per heavy atom. The molecule has 1 aliphatic rings. The topological polar surface area (TPSA) is 101 Å². The fourth-order valence-corrected chi connectivity index (χ4v) is 3.42. The minimum Gasteiger partial charge on any atom is -0.496 e. The quantitative estimate of drug-likeness (QED) is 0.731. The van der Waals surface area contributed by atoms with Crippen molar-refractivity contribution in [2.45, 2.75) is 32.7 Å². The number of ether oxygens (including phenoxy) is 1. The van der Waals surface area contributed by atoms with Gasteiger partial charge in [0.25, 0.3) is 5.91 Å². The molecular formula is C21H24N4O4. The molecule has 0 saturated carbocycles. The van der Waals surface area contributed by atoms with Gasteiger partial charge in [-0.1, -0.05) is 19.1 Å². The lowest BCUT2D eigenvalue weighted by Crippen LogP contribution is -2.44. The molecule has 29 heavy (non-hydrogen) atoms. The summed E-state index contributed by atoms with van der Waals surface area (Å²) >= 11 is 0. The van der Waals surface area contributed by atoms with E-state index in [1.807, 2.05) is 32.9 Å². The molecule has 4 amide bonds. The van der Waals surface area contributed by atoms with Crippen LogP contribution in [0.4, 0.5) is 10.6 Å². The smallest absolute Gasteiger partial charge is 0.325 e. The van der Waals surface area contributed by atoms with E-state index < -0.39 is 29.9 Å². The van der Waals surface area contributed by atoms with Gasteiger partial charge in [-0.15, -0.1) is 0 Å². The highest BCUT2D eigenvalue weighted by Gasteiger charge is 2.51. The average Bonchev–Trinajstić information content (AvgIpc) is 2.94. The number of anilines is 1. The summed E-state index contributed by atoms with van der Waals surface area (Å²) in [6, 6.07) is 8.21. The number of pyridine rings is 1. The molecule has 1 fully saturated rings. The molecule has 8 nitrogen and oxygen atoms in total. The predicted molar refractivity (Wildman–Crippen MR) is 108 cm³/mol. The van der Waals surface area contributed by atoms with E-state index in [9.17, 15) is 14.4 Å². The number of hydrogen-bond donors (Lipinski definition) is 2. The molecule has 0 radical (unpaired) electrons. The van der Waals surface area contributed by atoms with E-state index in [-0.39, 0.29) is 0 Å². The molecule has 1 aliphatic heterocycles. The SMILES string of the molecule is CCC1(c2ccc(OC)c(C)c2)NC(=O)N(CC(=O)Nc2ccc(C)cn2)C1=O. The normalized spacial score (nSPS) is 18.6. The van der Waals surface area contributed by atoms with Gasteiger partial charge in [0.15, 0.2) is 0 Å². The maximum absolute atomic E-state index is 13.2. The van der Waals surface area contributed by atoms with Gasteiger partial charge in [0.1, 0.15) is 23.7 Å². The van der Waals surface area contributed by atoms with E-state index in [1.54, 1.807) is 31.5 Å². The number of aromatic nitrogens is 1. The Morgan fingerprint density at radius 3 is 2.59 bits per heavy atom. The van der Waals surface area contributed by atoms with E-state index in [1.165, 1.54) is 0 Å². The number of rotatable bonds is 6. The molecule has 3 rings (SSSR count). The number of amides is 4. The van der Waals surface area contributed by atoms with Crippen molar-refractivity contribution in [3.63, 3.8) is 0 Å². The number of imide groups is 1. The minimum atomic E-state index is -1.21. The molecule has 1 saturated heterocycles. The lowest BCUT2D eigenvalue weighted by Gasteiger charge is -2.26. The highest BCUT2D eigenvalue weighted by molar-refractivity contribution is 6.10. The van der Waals surface area contributed by atoms with Gasteiger partial charge in [0.05, 0.1) is 7.11 Å². The number of benzene rings is 1. The standard InChI is InChI=1S/C21H24N4O4/c1-5-21(15-7-8-16(29-4)14(3)10-15)19(27)25(20(28)24-21)12-18(26)23-17-9-6-13(2)11-22-17/h6-11H,5,12H2,1-4H3,(H,24,28)(H,22,23,26). The van der Waals surface area contributed by atoms with Crippen LogP contribution in [0.25, 0.3) is 0 Å². The van der Waals surface area contributed by atoms with Crippen LogP contribution >= 0.6 is 0 Å². The Hall–Kier alpha value is -3.42. The summed E-state index contributed by atoms with van der Waals surface area (Å²) in [6.45, 7) is 5.18. The number of hydrogen-bond acceptors (Lipinski definition) is 5. The second kappa shape index (κ2) is 7.90. The van der Waals surface area contributed by atoms with Crippen LogP contribution in [-0.2, 0) is 15.1 Å². The maximum atomic E-state index is 13.2. The van der Waals surface area contributed by atoms with Crippen LogP contribution in [0, 0.1) is 13.8 Å². The van der Waals surface area contributed by atoms with Crippen LogP contribution in [0.15, 0.2) is 36.5 Å². The molecule has 1 aromatic carbocycles. The van der Waals surface area contributed by atoms with E-state index >= 15 is 0 Å². The predicted octanol–water partition coefficient (Wildman–Crippen LogP) is 2.50. The van der Waals surface area contributed by atoms with Crippen LogP contribution in [0.5, 0.6) is 5.75 Å². The van der Waals surface area contributed by atoms with Gasteiger partial charge >= 0.3 is 6.03 Å². The minimum absolute atomic E-state index is 0.348. The number of methoxy groups -OCH3 is 1. The van der Waals surface area contributed by atoms with Crippen molar-refractivity contribution in [2.24, 2.45) is 0 Å². The van der Waals surface area contributed by atoms with Gasteiger partial charge < -0.3 is 15.4 Å². The molecule has 1 atom stereocenters. The fourth-order valence-electron chi connectivity index (χ4n) is 3.42. The lowest BCUT2D eigenvalue weighted by atomic mass is 9.86. The lowest BCUT2D eigenvalue weighted by molar-refractivity contribution is -0.134. The zero-order chi connectivity index (χ0) is 21.2. The van der Waals surface area contributed by atoms with Gasteiger partial charge in [-0.3, -0.25) is 14.5 Å². The summed E-state index contributed by atoms with van der Waals surface area (Å²) in [6.07, 6.45) is 1.97. The van der Waals surface area contributed by atoms with Crippen LogP contribution in [0.3, 0.4) is 0 Å². The second-order valence-corrected chi connectivity index (χ2v) is 7.03. The highest BCUT2D eigenvalue weighted by atomic mass is 16.5. The number of aryl methyl sites for hydroxylation is 2. The zero-order valence-corrected chi connectivity index (χ0v) is 16.9. The maximum Gasteiger partial charge on any atom is 0.325 e. The first-order chi connectivity index (χ1) is 13.8. The second-order valence-electron chi connectivity index (χ2n) is 7.03. The number of carbonyl (C=O) groups excluding carboxylic acids is 3. The summed E-state index contributed by atoms with van der Waals surface area (Å²) in [7, 11) is 1.57. The summed E-state index contributed by atoms with van der Waals surface area (Å²) in [4.78, 5) is 43.1. The molecule has 0 bridgehead atoms. The third kappa shape index (κ3) is 3.78. The van der Waals surface area contributed by atoms with E-state index in [4.69, 9.17) is 4.74 Å². The molecule has 0 aliphatic carbocycles. The number of urea groups is 1. The van der Waals surface area contributed by atoms with Crippen LogP contribution in [0.1, 0.15) is 30.0 Å². The molecule has 2 aromatic rings. The van der Waals surface area contributed by atoms with E-state index in [0.29, 0.717) is 23.6 Å². The summed E-state index contributed by atoms with van der Waals surface area (Å²) in [5, 5.41) is 5.38. The van der Waals surface area contributed by atoms with Crippen molar-refractivity contribution in [2.75, 3.05) is 19.0 Å². The van der Waals surface area contributed by atoms with E-state index in [0.717, 1.165) is 16.0 Å². The Labute approximate surface area is 169 Å². The monoisotopic (exact) mass is 396 g/mol. The fraction of sp³-hybridized carbons (Fsp3) is 0.333. The van der Waals surface area contributed by atoms with Crippen molar-refractivity contribution in [1.82, 2.24) is 15.2 Å². The molecule has 0 spiro atoms. The number of carbonyl (C=O) groups is 3. The summed E-state index contributed by atoms with van der Waals surface area (Å²) < 4.78 is 5.27. The first-order valence-electron chi connectivity index (χ1n) is 9.32. The van der Waals surface area contributed by atoms with E-state index in [2.05, 4.69) is 15.6 Å². The van der Waals surface area contributed by atoms with Crippen LogP contribution in [-0.4, -0.2) is 41.4 Å². The molecular weight excluding hydrogens is 372 g/mol. The molecule has 1 unspecified atom stereocenters. The zero-order valence-electron chi connectivity index (χ0n) is 16.9. The Bertz CT molecular complexity index is 958. The Kier molecular flexibility index (Phi) is 5.54. The van der Waals surface area contributed by atoms with Crippen LogP contribution < -0.4 is 15.4 Å². The van der Waals surface area contributed by atoms with Gasteiger partial charge in [-0.25, -0.2) is 9.78 Å². The van der Waals surface area contributed by atoms with Gasteiger partial charge in [-0.2, -0.15) is 0 Å². The van der Waals surface area contributed by atoms with Gasteiger partial charge in [0, 0.05) is 6.20 Å². The van der Waals surface area contributed by atoms with Crippen molar-refractivity contribution in [3.8, 4) is 5.75 Å². The number of nitrogens with zero attached hydrogens (tertiary/aromatic N) is 2. The Balaban J connectivity index is 1.81. The molecule has 1 aromatic heterocycles. The average molecular weight is 396 g/mol. The van der Waals surface area contributed by atoms with Crippen LogP contribution in [0.2, 0.25) is 0 Å². The molecule has 2 heterocycles. The van der Waals surface area contributed by atoms with Gasteiger partial charge in [-0.05, 0) is 55.2 Å². The first-order valence-corrected chi connectivity index (χ1v) is 9.32. The third-order valence-electron chi connectivity index (χ3n) is 5.07. The number of nitrogens with one attached hydrogen (secondary N) is 2. The summed E-state index contributed by atoms with van der Waals surface area (Å²) in [5.41, 5.74) is 1.25. The van der Waals surface area contributed by atoms with Gasteiger partial charge in [0.2, 0.25) is 5.91 Å². The first kappa shape index (κ1) is 20.3. The van der Waals surface area contributed by atoms with Crippen molar-refractivity contribution in [1.29, 1.82) is 0 Å². The molecule has 2 N–H and O–H groups in total. The van der Waals surface area contributed by atoms with Crippen molar-refractivity contribution < 1.29 is 19.1 Å². The Morgan fingerprint density at radius 1 is 1.24 bits per heavy atom.